The Kier molecular flexibility index (Phi) is 6.29. The molecule has 0 aliphatic carbocycles. The number of aromatic nitrogens is 2. The third-order valence-corrected chi connectivity index (χ3v) is 5.07. The first-order valence-electron chi connectivity index (χ1n) is 9.73. The predicted molar refractivity (Wildman–Crippen MR) is 118 cm³/mol. The van der Waals surface area contributed by atoms with Crippen molar-refractivity contribution in [2.24, 2.45) is 0 Å². The van der Waals surface area contributed by atoms with Gasteiger partial charge in [-0.1, -0.05) is 65.3 Å². The molecule has 1 aromatic heterocycles. The molecule has 31 heavy (non-hydrogen) atoms. The van der Waals surface area contributed by atoms with E-state index in [1.807, 2.05) is 55.5 Å². The monoisotopic (exact) mass is 433 g/mol. The molecule has 0 aliphatic rings. The third kappa shape index (κ3) is 5.10. The summed E-state index contributed by atoms with van der Waals surface area (Å²) >= 11 is 6.16. The molecular weight excluding hydrogens is 414 g/mol. The smallest absolute Gasteiger partial charge is 0.251 e. The van der Waals surface area contributed by atoms with Gasteiger partial charge in [-0.2, -0.15) is 4.98 Å². The summed E-state index contributed by atoms with van der Waals surface area (Å²) in [7, 11) is 0. The Morgan fingerprint density at radius 1 is 1.06 bits per heavy atom. The quantitative estimate of drug-likeness (QED) is 0.433. The van der Waals surface area contributed by atoms with Crippen LogP contribution in [0.4, 0.5) is 0 Å². The Bertz CT molecular complexity index is 1210. The number of aryl methyl sites for hydroxylation is 1. The highest BCUT2D eigenvalue weighted by Crippen LogP contribution is 2.21. The average Bonchev–Trinajstić information content (AvgIpc) is 3.26. The SMILES string of the molecule is Cc1ccccc1-c1noc(CNC(=O)c2cccc(OCc3ccccc3Cl)c2)n1. The first-order valence-corrected chi connectivity index (χ1v) is 10.1. The van der Waals surface area contributed by atoms with E-state index in [1.54, 1.807) is 24.3 Å². The maximum Gasteiger partial charge on any atom is 0.251 e. The van der Waals surface area contributed by atoms with Crippen LogP contribution in [0, 0.1) is 6.92 Å². The number of nitrogens with one attached hydrogen (secondary N) is 1. The van der Waals surface area contributed by atoms with Gasteiger partial charge in [0.15, 0.2) is 0 Å². The highest BCUT2D eigenvalue weighted by Gasteiger charge is 2.13. The lowest BCUT2D eigenvalue weighted by atomic mass is 10.1. The first-order chi connectivity index (χ1) is 15.1. The zero-order valence-corrected chi connectivity index (χ0v) is 17.6. The van der Waals surface area contributed by atoms with Crippen molar-refractivity contribution in [3.05, 3.63) is 100 Å². The molecule has 0 atom stereocenters. The van der Waals surface area contributed by atoms with Crippen LogP contribution in [0.5, 0.6) is 5.75 Å². The van der Waals surface area contributed by atoms with Gasteiger partial charge in [0.25, 0.3) is 5.91 Å². The van der Waals surface area contributed by atoms with E-state index in [9.17, 15) is 4.79 Å². The Morgan fingerprint density at radius 3 is 2.71 bits per heavy atom. The van der Waals surface area contributed by atoms with Crippen LogP contribution in [-0.4, -0.2) is 16.0 Å². The number of carbonyl (C=O) groups is 1. The van der Waals surface area contributed by atoms with Crippen molar-refractivity contribution in [3.8, 4) is 17.1 Å². The van der Waals surface area contributed by atoms with Crippen LogP contribution in [0.15, 0.2) is 77.3 Å². The Labute approximate surface area is 184 Å². The largest absolute Gasteiger partial charge is 0.489 e. The van der Waals surface area contributed by atoms with Crippen molar-refractivity contribution in [3.63, 3.8) is 0 Å². The van der Waals surface area contributed by atoms with Gasteiger partial charge in [0, 0.05) is 21.7 Å². The van der Waals surface area contributed by atoms with Crippen LogP contribution in [-0.2, 0) is 13.2 Å². The van der Waals surface area contributed by atoms with Gasteiger partial charge in [-0.25, -0.2) is 0 Å². The van der Waals surface area contributed by atoms with Crippen LogP contribution in [0.25, 0.3) is 11.4 Å². The van der Waals surface area contributed by atoms with E-state index in [0.29, 0.717) is 34.7 Å². The van der Waals surface area contributed by atoms with Gasteiger partial charge in [-0.3, -0.25) is 4.79 Å². The Hall–Kier alpha value is -3.64. The molecular formula is C24H20ClN3O3. The zero-order chi connectivity index (χ0) is 21.6. The molecule has 6 nitrogen and oxygen atoms in total. The van der Waals surface area contributed by atoms with Gasteiger partial charge in [0.1, 0.15) is 12.4 Å². The number of benzene rings is 3. The molecule has 1 heterocycles. The molecule has 0 bridgehead atoms. The number of hydrogen-bond donors (Lipinski definition) is 1. The van der Waals surface area contributed by atoms with Crippen molar-refractivity contribution in [1.29, 1.82) is 0 Å². The minimum absolute atomic E-state index is 0.127. The molecule has 7 heteroatoms. The van der Waals surface area contributed by atoms with Crippen molar-refractivity contribution < 1.29 is 14.1 Å². The number of nitrogens with zero attached hydrogens (tertiary/aromatic N) is 2. The van der Waals surface area contributed by atoms with E-state index in [0.717, 1.165) is 16.7 Å². The summed E-state index contributed by atoms with van der Waals surface area (Å²) in [6.45, 7) is 2.42. The molecule has 4 aromatic rings. The van der Waals surface area contributed by atoms with Crippen LogP contribution in [0.2, 0.25) is 5.02 Å². The summed E-state index contributed by atoms with van der Waals surface area (Å²) in [4.78, 5) is 16.9. The third-order valence-electron chi connectivity index (χ3n) is 4.70. The summed E-state index contributed by atoms with van der Waals surface area (Å²) in [6, 6.07) is 22.2. The fourth-order valence-corrected chi connectivity index (χ4v) is 3.21. The van der Waals surface area contributed by atoms with Crippen LogP contribution >= 0.6 is 11.6 Å². The zero-order valence-electron chi connectivity index (χ0n) is 16.8. The van der Waals surface area contributed by atoms with Crippen molar-refractivity contribution in [1.82, 2.24) is 15.5 Å². The second kappa shape index (κ2) is 9.45. The summed E-state index contributed by atoms with van der Waals surface area (Å²) in [6.07, 6.45) is 0. The second-order valence-corrected chi connectivity index (χ2v) is 7.32. The molecule has 0 saturated heterocycles. The predicted octanol–water partition coefficient (Wildman–Crippen LogP) is 5.21. The van der Waals surface area contributed by atoms with Gasteiger partial charge in [-0.05, 0) is 36.8 Å². The molecule has 0 fully saturated rings. The van der Waals surface area contributed by atoms with Crippen LogP contribution in [0.1, 0.15) is 27.4 Å². The molecule has 4 rings (SSSR count). The Morgan fingerprint density at radius 2 is 1.87 bits per heavy atom. The standard InChI is InChI=1S/C24H20ClN3O3/c1-16-7-2-4-11-20(16)23-27-22(31-28-23)14-26-24(29)17-9-6-10-19(13-17)30-15-18-8-3-5-12-21(18)25/h2-13H,14-15H2,1H3,(H,26,29). The van der Waals surface area contributed by atoms with Crippen molar-refractivity contribution >= 4 is 17.5 Å². The van der Waals surface area contributed by atoms with E-state index >= 15 is 0 Å². The average molecular weight is 434 g/mol. The molecule has 3 aromatic carbocycles. The molecule has 0 radical (unpaired) electrons. The number of halogens is 1. The summed E-state index contributed by atoms with van der Waals surface area (Å²) < 4.78 is 11.1. The maximum atomic E-state index is 12.6. The molecule has 0 spiro atoms. The van der Waals surface area contributed by atoms with E-state index < -0.39 is 0 Å². The van der Waals surface area contributed by atoms with E-state index in [-0.39, 0.29) is 12.5 Å². The second-order valence-electron chi connectivity index (χ2n) is 6.92. The Balaban J connectivity index is 1.37. The summed E-state index contributed by atoms with van der Waals surface area (Å²) in [5, 5.41) is 7.44. The summed E-state index contributed by atoms with van der Waals surface area (Å²) in [5.74, 6) is 1.14. The lowest BCUT2D eigenvalue weighted by molar-refractivity contribution is 0.0945. The fourth-order valence-electron chi connectivity index (χ4n) is 3.02. The lowest BCUT2D eigenvalue weighted by Gasteiger charge is -2.09. The molecule has 0 unspecified atom stereocenters. The summed E-state index contributed by atoms with van der Waals surface area (Å²) in [5.41, 5.74) is 3.29. The fraction of sp³-hybridized carbons (Fsp3) is 0.125. The van der Waals surface area contributed by atoms with Gasteiger partial charge in [-0.15, -0.1) is 0 Å². The van der Waals surface area contributed by atoms with Crippen molar-refractivity contribution in [2.75, 3.05) is 0 Å². The van der Waals surface area contributed by atoms with Gasteiger partial charge in [0.2, 0.25) is 11.7 Å². The molecule has 1 N–H and O–H groups in total. The van der Waals surface area contributed by atoms with Crippen LogP contribution in [0.3, 0.4) is 0 Å². The molecule has 156 valence electrons. The van der Waals surface area contributed by atoms with Crippen LogP contribution < -0.4 is 10.1 Å². The highest BCUT2D eigenvalue weighted by atomic mass is 35.5. The van der Waals surface area contributed by atoms with E-state index in [4.69, 9.17) is 20.9 Å². The number of rotatable bonds is 7. The van der Waals surface area contributed by atoms with E-state index in [2.05, 4.69) is 15.5 Å². The minimum atomic E-state index is -0.265. The topological polar surface area (TPSA) is 77.2 Å². The molecule has 1 amide bonds. The lowest BCUT2D eigenvalue weighted by Crippen LogP contribution is -2.22. The van der Waals surface area contributed by atoms with Gasteiger partial charge >= 0.3 is 0 Å². The number of amides is 1. The van der Waals surface area contributed by atoms with E-state index in [1.165, 1.54) is 0 Å². The normalized spacial score (nSPS) is 10.6. The number of hydrogen-bond acceptors (Lipinski definition) is 5. The number of ether oxygens (including phenoxy) is 1. The maximum absolute atomic E-state index is 12.6. The number of carbonyl (C=O) groups excluding carboxylic acids is 1. The van der Waals surface area contributed by atoms with Crippen molar-refractivity contribution in [2.45, 2.75) is 20.1 Å². The first kappa shape index (κ1) is 20.6. The van der Waals surface area contributed by atoms with Gasteiger partial charge in [0.05, 0.1) is 6.54 Å². The highest BCUT2D eigenvalue weighted by molar-refractivity contribution is 6.31. The molecule has 0 saturated carbocycles. The minimum Gasteiger partial charge on any atom is -0.489 e. The molecule has 0 aliphatic heterocycles. The van der Waals surface area contributed by atoms with Gasteiger partial charge < -0.3 is 14.6 Å².